The van der Waals surface area contributed by atoms with Crippen LogP contribution in [0, 0.1) is 0 Å². The van der Waals surface area contributed by atoms with Crippen LogP contribution in [0.25, 0.3) is 0 Å². The van der Waals surface area contributed by atoms with Crippen molar-refractivity contribution in [3.05, 3.63) is 59.7 Å². The van der Waals surface area contributed by atoms with Crippen molar-refractivity contribution < 1.29 is 0 Å². The lowest BCUT2D eigenvalue weighted by Crippen LogP contribution is -1.95. The van der Waals surface area contributed by atoms with Gasteiger partial charge in [-0.3, -0.25) is 0 Å². The summed E-state index contributed by atoms with van der Waals surface area (Å²) in [5.41, 5.74) is 2.79. The van der Waals surface area contributed by atoms with Crippen LogP contribution in [0.3, 0.4) is 0 Å². The smallest absolute Gasteiger partial charge is 0.00577 e. The molecular formula is C22H44. The monoisotopic (exact) mass is 308 g/mol. The van der Waals surface area contributed by atoms with Gasteiger partial charge in [-0.25, -0.2) is 0 Å². The summed E-state index contributed by atoms with van der Waals surface area (Å²) >= 11 is 0. The fourth-order valence-electron chi connectivity index (χ4n) is 1.75. The van der Waals surface area contributed by atoms with E-state index in [0.29, 0.717) is 5.92 Å². The lowest BCUT2D eigenvalue weighted by Gasteiger charge is -2.13. The third-order valence-electron chi connectivity index (χ3n) is 2.60. The quantitative estimate of drug-likeness (QED) is 0.488. The SMILES string of the molecule is C.C.C.C/C=C\C(=C/CC)C(C)c1ccccc1.CC.CC. The third-order valence-corrected chi connectivity index (χ3v) is 2.60. The van der Waals surface area contributed by atoms with Crippen LogP contribution >= 0.6 is 0 Å². The van der Waals surface area contributed by atoms with E-state index in [4.69, 9.17) is 0 Å². The van der Waals surface area contributed by atoms with Crippen molar-refractivity contribution >= 4 is 0 Å². The van der Waals surface area contributed by atoms with Gasteiger partial charge in [-0.2, -0.15) is 0 Å². The zero-order valence-corrected chi connectivity index (χ0v) is 13.9. The van der Waals surface area contributed by atoms with E-state index in [1.165, 1.54) is 11.1 Å². The van der Waals surface area contributed by atoms with Gasteiger partial charge in [0.05, 0.1) is 0 Å². The average molecular weight is 309 g/mol. The first-order chi connectivity index (χ1) is 9.29. The van der Waals surface area contributed by atoms with Gasteiger partial charge in [0.2, 0.25) is 0 Å². The van der Waals surface area contributed by atoms with E-state index in [1.807, 2.05) is 27.7 Å². The molecule has 0 bridgehead atoms. The summed E-state index contributed by atoms with van der Waals surface area (Å²) in [5.74, 6) is 0.488. The van der Waals surface area contributed by atoms with Gasteiger partial charge in [0.25, 0.3) is 0 Å². The van der Waals surface area contributed by atoms with E-state index in [0.717, 1.165) is 6.42 Å². The molecule has 0 aliphatic rings. The Hall–Kier alpha value is -1.30. The number of allylic oxidation sites excluding steroid dienone is 4. The van der Waals surface area contributed by atoms with Crippen molar-refractivity contribution in [2.24, 2.45) is 0 Å². The van der Waals surface area contributed by atoms with Gasteiger partial charge in [0, 0.05) is 5.92 Å². The highest BCUT2D eigenvalue weighted by molar-refractivity contribution is 5.33. The largest absolute Gasteiger partial charge is 0.0874 e. The van der Waals surface area contributed by atoms with Crippen molar-refractivity contribution in [3.63, 3.8) is 0 Å². The van der Waals surface area contributed by atoms with Gasteiger partial charge in [-0.05, 0) is 24.5 Å². The van der Waals surface area contributed by atoms with E-state index >= 15 is 0 Å². The molecule has 0 fully saturated rings. The van der Waals surface area contributed by atoms with Gasteiger partial charge in [-0.1, -0.05) is 112 Å². The molecule has 1 atom stereocenters. The zero-order chi connectivity index (χ0) is 15.1. The molecule has 0 saturated carbocycles. The van der Waals surface area contributed by atoms with Crippen LogP contribution in [-0.4, -0.2) is 0 Å². The van der Waals surface area contributed by atoms with Crippen molar-refractivity contribution in [2.45, 2.75) is 83.1 Å². The molecule has 0 amide bonds. The Balaban J connectivity index is -0.000000127. The topological polar surface area (TPSA) is 0 Å². The van der Waals surface area contributed by atoms with Crippen LogP contribution in [0.1, 0.15) is 88.6 Å². The molecule has 0 heteroatoms. The second kappa shape index (κ2) is 24.7. The van der Waals surface area contributed by atoms with Crippen molar-refractivity contribution in [1.82, 2.24) is 0 Å². The van der Waals surface area contributed by atoms with Gasteiger partial charge in [0.1, 0.15) is 0 Å². The molecule has 0 heterocycles. The van der Waals surface area contributed by atoms with Gasteiger partial charge in [0.15, 0.2) is 0 Å². The van der Waals surface area contributed by atoms with Crippen molar-refractivity contribution in [1.29, 1.82) is 0 Å². The zero-order valence-electron chi connectivity index (χ0n) is 13.9. The maximum atomic E-state index is 2.30. The summed E-state index contributed by atoms with van der Waals surface area (Å²) in [6.45, 7) is 14.5. The minimum atomic E-state index is 0. The molecule has 1 unspecified atom stereocenters. The summed E-state index contributed by atoms with van der Waals surface area (Å²) in [6, 6.07) is 10.7. The van der Waals surface area contributed by atoms with E-state index in [2.05, 4.69) is 69.3 Å². The van der Waals surface area contributed by atoms with Crippen LogP contribution in [0.5, 0.6) is 0 Å². The van der Waals surface area contributed by atoms with Crippen molar-refractivity contribution in [3.8, 4) is 0 Å². The van der Waals surface area contributed by atoms with E-state index in [-0.39, 0.29) is 22.3 Å². The van der Waals surface area contributed by atoms with Crippen LogP contribution in [-0.2, 0) is 0 Å². The van der Waals surface area contributed by atoms with Crippen LogP contribution in [0.4, 0.5) is 0 Å². The Bertz CT molecular complexity index is 330. The van der Waals surface area contributed by atoms with Gasteiger partial charge >= 0.3 is 0 Å². The Morgan fingerprint density at radius 1 is 0.955 bits per heavy atom. The molecule has 0 spiro atoms. The lowest BCUT2D eigenvalue weighted by molar-refractivity contribution is 0.909. The standard InChI is InChI=1S/C15H20.2C2H6.3CH4/c1-4-9-14(10-5-2)13(3)15-11-7-6-8-12-15;2*1-2;;;/h4,6-13H,5H2,1-3H3;2*1-2H3;3*1H4/b9-4-,14-10+;;;;;. The molecule has 0 radical (unpaired) electrons. The predicted octanol–water partition coefficient (Wildman–Crippen LogP) is 8.66. The normalized spacial score (nSPS) is 10.4. The summed E-state index contributed by atoms with van der Waals surface area (Å²) in [6.07, 6.45) is 7.72. The molecule has 0 aliphatic carbocycles. The Morgan fingerprint density at radius 2 is 1.41 bits per heavy atom. The number of hydrogen-bond acceptors (Lipinski definition) is 0. The van der Waals surface area contributed by atoms with Crippen LogP contribution in [0.15, 0.2) is 54.1 Å². The number of benzene rings is 1. The highest BCUT2D eigenvalue weighted by Gasteiger charge is 2.07. The Kier molecular flexibility index (Phi) is 36.6. The molecule has 1 rings (SSSR count). The summed E-state index contributed by atoms with van der Waals surface area (Å²) < 4.78 is 0. The van der Waals surface area contributed by atoms with E-state index in [9.17, 15) is 0 Å². The molecule has 0 nitrogen and oxygen atoms in total. The predicted molar refractivity (Wildman–Crippen MR) is 111 cm³/mol. The Labute approximate surface area is 143 Å². The minimum absolute atomic E-state index is 0. The minimum Gasteiger partial charge on any atom is -0.0874 e. The second-order valence-electron chi connectivity index (χ2n) is 3.74. The van der Waals surface area contributed by atoms with E-state index in [1.54, 1.807) is 0 Å². The fraction of sp³-hybridized carbons (Fsp3) is 0.545. The van der Waals surface area contributed by atoms with Crippen molar-refractivity contribution in [2.75, 3.05) is 0 Å². The lowest BCUT2D eigenvalue weighted by atomic mass is 9.92. The molecule has 0 aliphatic heterocycles. The summed E-state index contributed by atoms with van der Waals surface area (Å²) in [4.78, 5) is 0. The second-order valence-corrected chi connectivity index (χ2v) is 3.74. The number of rotatable bonds is 4. The van der Waals surface area contributed by atoms with Crippen LogP contribution in [0.2, 0.25) is 0 Å². The maximum absolute atomic E-state index is 2.30. The molecular weight excluding hydrogens is 264 g/mol. The van der Waals surface area contributed by atoms with Gasteiger partial charge < -0.3 is 0 Å². The highest BCUT2D eigenvalue weighted by Crippen LogP contribution is 2.24. The molecule has 0 N–H and O–H groups in total. The molecule has 22 heavy (non-hydrogen) atoms. The Morgan fingerprint density at radius 3 is 1.77 bits per heavy atom. The average Bonchev–Trinajstić information content (AvgIpc) is 2.51. The highest BCUT2D eigenvalue weighted by atomic mass is 14.1. The summed E-state index contributed by atoms with van der Waals surface area (Å²) in [5, 5.41) is 0. The first kappa shape index (κ1) is 32.6. The maximum Gasteiger partial charge on any atom is 0.00577 e. The summed E-state index contributed by atoms with van der Waals surface area (Å²) in [7, 11) is 0. The molecule has 1 aromatic rings. The first-order valence-corrected chi connectivity index (χ1v) is 7.67. The third kappa shape index (κ3) is 13.7. The molecule has 0 saturated heterocycles. The fourth-order valence-corrected chi connectivity index (χ4v) is 1.75. The number of hydrogen-bond donors (Lipinski definition) is 0. The molecule has 0 aromatic heterocycles. The first-order valence-electron chi connectivity index (χ1n) is 7.67. The molecule has 132 valence electrons. The van der Waals surface area contributed by atoms with Gasteiger partial charge in [-0.15, -0.1) is 0 Å². The molecule has 1 aromatic carbocycles. The van der Waals surface area contributed by atoms with E-state index < -0.39 is 0 Å². The van der Waals surface area contributed by atoms with Crippen LogP contribution < -0.4 is 0 Å².